The van der Waals surface area contributed by atoms with Crippen molar-refractivity contribution in [2.75, 3.05) is 19.8 Å². The van der Waals surface area contributed by atoms with Crippen LogP contribution in [-0.2, 0) is 33.0 Å². The predicted molar refractivity (Wildman–Crippen MR) is 101 cm³/mol. The van der Waals surface area contributed by atoms with E-state index in [0.717, 1.165) is 19.3 Å². The van der Waals surface area contributed by atoms with Crippen molar-refractivity contribution in [3.63, 3.8) is 0 Å². The molecular formula is C18H42O4SiZr. The second kappa shape index (κ2) is 15.0. The molecule has 0 unspecified atom stereocenters. The molecule has 6 heteroatoms. The first-order valence-electron chi connectivity index (χ1n) is 10.2. The van der Waals surface area contributed by atoms with Gasteiger partial charge in [-0.15, -0.1) is 0 Å². The van der Waals surface area contributed by atoms with Gasteiger partial charge >= 0.3 is 159 Å². The summed E-state index contributed by atoms with van der Waals surface area (Å²) in [4.78, 5) is 0. The molecule has 0 aromatic carbocycles. The molecule has 0 aromatic rings. The predicted octanol–water partition coefficient (Wildman–Crippen LogP) is 6.27. The first-order valence-corrected chi connectivity index (χ1v) is 16.7. The van der Waals surface area contributed by atoms with E-state index in [1.54, 1.807) is 0 Å². The van der Waals surface area contributed by atoms with E-state index < -0.39 is 30.3 Å². The Balaban J connectivity index is 5.47. The van der Waals surface area contributed by atoms with Crippen LogP contribution >= 0.6 is 0 Å². The van der Waals surface area contributed by atoms with Crippen LogP contribution in [0.4, 0.5) is 0 Å². The summed E-state index contributed by atoms with van der Waals surface area (Å²) >= 11 is -3.94. The molecule has 0 bridgehead atoms. The molecule has 0 saturated heterocycles. The van der Waals surface area contributed by atoms with Crippen LogP contribution in [0.5, 0.6) is 0 Å². The van der Waals surface area contributed by atoms with Crippen LogP contribution < -0.4 is 0 Å². The normalized spacial score (nSPS) is 12.8. The van der Waals surface area contributed by atoms with Crippen molar-refractivity contribution in [3.05, 3.63) is 0 Å². The summed E-state index contributed by atoms with van der Waals surface area (Å²) < 4.78 is 25.7. The molecule has 0 aliphatic carbocycles. The van der Waals surface area contributed by atoms with Gasteiger partial charge in [-0.05, 0) is 0 Å². The maximum atomic E-state index is 6.94. The maximum absolute atomic E-state index is 6.94. The molecule has 0 radical (unpaired) electrons. The Hall–Kier alpha value is 0.940. The molecule has 0 saturated carbocycles. The third-order valence-electron chi connectivity index (χ3n) is 3.91. The molecule has 0 aromatic heterocycles. The fraction of sp³-hybridized carbons (Fsp3) is 1.00. The summed E-state index contributed by atoms with van der Waals surface area (Å²) in [5.41, 5.74) is 0. The fourth-order valence-corrected chi connectivity index (χ4v) is 19.0. The van der Waals surface area contributed by atoms with E-state index in [0.29, 0.717) is 19.8 Å². The molecule has 0 fully saturated rings. The van der Waals surface area contributed by atoms with Gasteiger partial charge in [0.05, 0.1) is 0 Å². The molecular weight excluding hydrogens is 400 g/mol. The average molecular weight is 442 g/mol. The Labute approximate surface area is 159 Å². The molecule has 0 amide bonds. The monoisotopic (exact) mass is 440 g/mol. The van der Waals surface area contributed by atoms with Crippen LogP contribution in [0.15, 0.2) is 0 Å². The van der Waals surface area contributed by atoms with E-state index in [4.69, 9.17) is 10.9 Å². The van der Waals surface area contributed by atoms with Crippen LogP contribution in [0.1, 0.15) is 80.1 Å². The van der Waals surface area contributed by atoms with E-state index >= 15 is 0 Å². The van der Waals surface area contributed by atoms with Crippen molar-refractivity contribution in [1.82, 2.24) is 0 Å². The first kappa shape index (κ1) is 24.9. The Morgan fingerprint density at radius 2 is 0.875 bits per heavy atom. The van der Waals surface area contributed by atoms with Gasteiger partial charge < -0.3 is 0 Å². The Kier molecular flexibility index (Phi) is 15.6. The minimum absolute atomic E-state index is 0.679. The van der Waals surface area contributed by atoms with Gasteiger partial charge in [0.1, 0.15) is 0 Å². The molecule has 0 spiro atoms. The molecule has 0 rings (SSSR count). The molecule has 0 aliphatic rings. The SMILES string of the molecule is CCC[O][Zr]([O]CCC)([O]CCC)[O][Si](CCC)(CCC)CCC. The minimum atomic E-state index is -3.94. The molecule has 146 valence electrons. The summed E-state index contributed by atoms with van der Waals surface area (Å²) in [5, 5.41) is 0. The van der Waals surface area contributed by atoms with Crippen molar-refractivity contribution >= 4 is 8.32 Å². The van der Waals surface area contributed by atoms with E-state index in [1.807, 2.05) is 0 Å². The van der Waals surface area contributed by atoms with Crippen LogP contribution in [0.2, 0.25) is 18.1 Å². The fourth-order valence-electron chi connectivity index (χ4n) is 3.05. The third kappa shape index (κ3) is 9.59. The zero-order chi connectivity index (χ0) is 18.3. The van der Waals surface area contributed by atoms with E-state index in [-0.39, 0.29) is 0 Å². The van der Waals surface area contributed by atoms with Gasteiger partial charge in [-0.2, -0.15) is 0 Å². The summed E-state index contributed by atoms with van der Waals surface area (Å²) in [6.45, 7) is 15.2. The van der Waals surface area contributed by atoms with Gasteiger partial charge in [-0.1, -0.05) is 0 Å². The van der Waals surface area contributed by atoms with Gasteiger partial charge in [0, 0.05) is 0 Å². The van der Waals surface area contributed by atoms with E-state index in [9.17, 15) is 0 Å². The summed E-state index contributed by atoms with van der Waals surface area (Å²) in [6.07, 6.45) is 6.42. The van der Waals surface area contributed by atoms with Crippen LogP contribution in [-0.4, -0.2) is 28.1 Å². The average Bonchev–Trinajstić information content (AvgIpc) is 2.57. The van der Waals surface area contributed by atoms with Gasteiger partial charge in [-0.3, -0.25) is 0 Å². The number of hydrogen-bond acceptors (Lipinski definition) is 4. The Bertz CT molecular complexity index is 253. The van der Waals surface area contributed by atoms with Crippen LogP contribution in [0, 0.1) is 0 Å². The standard InChI is InChI=1S/C9H21OSi.3C3H7O.Zr/c1-4-7-11(10,8-5-2)9-6-3;3*1-2-3-4;/h4-9H2,1-3H3;3*2-3H2,1H3;/q4*-1;+4. The van der Waals surface area contributed by atoms with Gasteiger partial charge in [-0.25, -0.2) is 0 Å². The zero-order valence-corrected chi connectivity index (χ0v) is 20.6. The second-order valence-electron chi connectivity index (χ2n) is 6.58. The quantitative estimate of drug-likeness (QED) is 0.249. The summed E-state index contributed by atoms with van der Waals surface area (Å²) in [6, 6.07) is 3.56. The van der Waals surface area contributed by atoms with Crippen molar-refractivity contribution in [1.29, 1.82) is 0 Å². The van der Waals surface area contributed by atoms with Crippen molar-refractivity contribution < 1.29 is 33.0 Å². The second-order valence-corrected chi connectivity index (χ2v) is 16.7. The summed E-state index contributed by atoms with van der Waals surface area (Å²) in [5.74, 6) is 0. The topological polar surface area (TPSA) is 36.9 Å². The number of hydrogen-bond donors (Lipinski definition) is 0. The van der Waals surface area contributed by atoms with E-state index in [2.05, 4.69) is 41.5 Å². The molecule has 24 heavy (non-hydrogen) atoms. The summed E-state index contributed by atoms with van der Waals surface area (Å²) in [7, 11) is -1.86. The van der Waals surface area contributed by atoms with Gasteiger partial charge in [0.2, 0.25) is 0 Å². The molecule has 0 N–H and O–H groups in total. The Morgan fingerprint density at radius 3 is 1.12 bits per heavy atom. The Morgan fingerprint density at radius 1 is 0.542 bits per heavy atom. The van der Waals surface area contributed by atoms with Crippen molar-refractivity contribution in [2.45, 2.75) is 98.2 Å². The van der Waals surface area contributed by atoms with E-state index in [1.165, 1.54) is 37.4 Å². The number of rotatable bonds is 17. The third-order valence-corrected chi connectivity index (χ3v) is 18.0. The van der Waals surface area contributed by atoms with Crippen LogP contribution in [0.25, 0.3) is 0 Å². The van der Waals surface area contributed by atoms with Crippen molar-refractivity contribution in [3.8, 4) is 0 Å². The molecule has 4 nitrogen and oxygen atoms in total. The zero-order valence-electron chi connectivity index (χ0n) is 17.1. The van der Waals surface area contributed by atoms with Gasteiger partial charge in [0.25, 0.3) is 0 Å². The molecule has 0 aliphatic heterocycles. The molecule has 0 atom stereocenters. The van der Waals surface area contributed by atoms with Crippen molar-refractivity contribution in [2.24, 2.45) is 0 Å². The van der Waals surface area contributed by atoms with Crippen LogP contribution in [0.3, 0.4) is 0 Å². The first-order chi connectivity index (χ1) is 11.6. The molecule has 0 heterocycles. The van der Waals surface area contributed by atoms with Gasteiger partial charge in [0.15, 0.2) is 0 Å².